The van der Waals surface area contributed by atoms with Crippen molar-refractivity contribution < 1.29 is 0 Å². The molecule has 1 aliphatic rings. The van der Waals surface area contributed by atoms with Crippen LogP contribution in [-0.4, -0.2) is 12.3 Å². The number of hydrogen-bond acceptors (Lipinski definition) is 4. The molecule has 1 fully saturated rings. The number of nitrogens with zero attached hydrogens (tertiary/aromatic N) is 1. The highest BCUT2D eigenvalue weighted by molar-refractivity contribution is 5.43. The highest BCUT2D eigenvalue weighted by Gasteiger charge is 2.35. The summed E-state index contributed by atoms with van der Waals surface area (Å²) < 4.78 is 0. The molecule has 1 heterocycles. The van der Waals surface area contributed by atoms with Crippen molar-refractivity contribution in [1.29, 1.82) is 5.26 Å². The van der Waals surface area contributed by atoms with Crippen LogP contribution < -0.4 is 16.0 Å². The predicted octanol–water partition coefficient (Wildman–Crippen LogP) is 1.55. The molecule has 2 unspecified atom stereocenters. The van der Waals surface area contributed by atoms with Gasteiger partial charge in [-0.3, -0.25) is 5.32 Å². The molecule has 3 N–H and O–H groups in total. The Morgan fingerprint density at radius 1 is 0.941 bits per heavy atom. The van der Waals surface area contributed by atoms with E-state index in [0.717, 1.165) is 5.69 Å². The maximum absolute atomic E-state index is 8.47. The first-order chi connectivity index (χ1) is 8.40. The summed E-state index contributed by atoms with van der Waals surface area (Å²) in [5, 5.41) is 17.5. The molecule has 0 aromatic heterocycles. The van der Waals surface area contributed by atoms with Gasteiger partial charge in [-0.2, -0.15) is 5.26 Å². The van der Waals surface area contributed by atoms with Gasteiger partial charge in [0.1, 0.15) is 12.3 Å². The topological polar surface area (TPSA) is 69.8 Å². The van der Waals surface area contributed by atoms with Crippen LogP contribution in [0.5, 0.6) is 0 Å². The summed E-state index contributed by atoms with van der Waals surface area (Å²) in [7, 11) is 0. The van der Waals surface area contributed by atoms with E-state index >= 15 is 0 Å². The van der Waals surface area contributed by atoms with E-state index in [-0.39, 0.29) is 12.3 Å². The van der Waals surface area contributed by atoms with Crippen LogP contribution in [0.15, 0.2) is 54.6 Å². The van der Waals surface area contributed by atoms with Crippen molar-refractivity contribution in [3.63, 3.8) is 0 Å². The smallest absolute Gasteiger partial charge is 0.178 e. The lowest BCUT2D eigenvalue weighted by atomic mass is 10.3. The van der Waals surface area contributed by atoms with Crippen LogP contribution in [0.2, 0.25) is 0 Å². The van der Waals surface area contributed by atoms with Crippen LogP contribution >= 0.6 is 0 Å². The van der Waals surface area contributed by atoms with Crippen molar-refractivity contribution in [3.8, 4) is 6.19 Å². The maximum Gasteiger partial charge on any atom is 0.178 e. The fourth-order valence-corrected chi connectivity index (χ4v) is 1.43. The molecule has 0 radical (unpaired) electrons. The number of nitrogens with one attached hydrogen (secondary N) is 3. The van der Waals surface area contributed by atoms with Gasteiger partial charge >= 0.3 is 0 Å². The molecule has 2 atom stereocenters. The Morgan fingerprint density at radius 2 is 1.53 bits per heavy atom. The van der Waals surface area contributed by atoms with Crippen molar-refractivity contribution in [3.05, 3.63) is 54.6 Å². The van der Waals surface area contributed by atoms with Gasteiger partial charge < -0.3 is 10.6 Å². The van der Waals surface area contributed by atoms with Crippen LogP contribution in [-0.2, 0) is 0 Å². The molecular formula is C13H14N4. The van der Waals surface area contributed by atoms with Gasteiger partial charge in [0, 0.05) is 5.69 Å². The van der Waals surface area contributed by atoms with Crippen molar-refractivity contribution >= 4 is 5.69 Å². The van der Waals surface area contributed by atoms with Crippen LogP contribution in [0, 0.1) is 11.5 Å². The molecule has 0 spiro atoms. The van der Waals surface area contributed by atoms with E-state index < -0.39 is 0 Å². The first-order valence-corrected chi connectivity index (χ1v) is 5.46. The number of nitriles is 1. The van der Waals surface area contributed by atoms with Gasteiger partial charge in [0.05, 0.1) is 0 Å². The van der Waals surface area contributed by atoms with E-state index in [2.05, 4.69) is 16.0 Å². The molecule has 0 aliphatic carbocycles. The number of hydrogen-bond donors (Lipinski definition) is 3. The summed E-state index contributed by atoms with van der Waals surface area (Å²) in [6.45, 7) is 0. The van der Waals surface area contributed by atoms with E-state index in [1.807, 2.05) is 60.8 Å². The van der Waals surface area contributed by atoms with E-state index in [4.69, 9.17) is 5.26 Å². The van der Waals surface area contributed by atoms with E-state index in [0.29, 0.717) is 0 Å². The summed E-state index contributed by atoms with van der Waals surface area (Å²) in [5.41, 5.74) is 1.00. The molecule has 4 nitrogen and oxygen atoms in total. The number of rotatable bonds is 3. The van der Waals surface area contributed by atoms with Crippen molar-refractivity contribution in [2.24, 2.45) is 0 Å². The Morgan fingerprint density at radius 3 is 2.12 bits per heavy atom. The molecule has 0 saturated carbocycles. The van der Waals surface area contributed by atoms with Gasteiger partial charge in [-0.15, -0.1) is 0 Å². The zero-order chi connectivity index (χ0) is 11.9. The van der Waals surface area contributed by atoms with Gasteiger partial charge in [-0.25, -0.2) is 0 Å². The van der Waals surface area contributed by atoms with Gasteiger partial charge in [0.15, 0.2) is 6.19 Å². The van der Waals surface area contributed by atoms with Crippen LogP contribution in [0.25, 0.3) is 0 Å². The van der Waals surface area contributed by atoms with Gasteiger partial charge in [0.2, 0.25) is 0 Å². The van der Waals surface area contributed by atoms with Crippen LogP contribution in [0.1, 0.15) is 0 Å². The number of anilines is 1. The van der Waals surface area contributed by atoms with Gasteiger partial charge in [-0.05, 0) is 12.1 Å². The zero-order valence-electron chi connectivity index (χ0n) is 9.30. The first kappa shape index (κ1) is 11.2. The molecule has 4 heteroatoms. The Hall–Kier alpha value is -2.25. The molecular weight excluding hydrogens is 212 g/mol. The molecule has 17 heavy (non-hydrogen) atoms. The molecule has 1 saturated heterocycles. The third-order valence-corrected chi connectivity index (χ3v) is 2.34. The van der Waals surface area contributed by atoms with Gasteiger partial charge in [0.25, 0.3) is 0 Å². The molecule has 1 aromatic rings. The van der Waals surface area contributed by atoms with E-state index in [1.54, 1.807) is 0 Å². The minimum absolute atomic E-state index is 0.0316. The molecule has 1 aliphatic heterocycles. The second-order valence-corrected chi connectivity index (χ2v) is 3.66. The lowest BCUT2D eigenvalue weighted by Gasteiger charge is -2.00. The maximum atomic E-state index is 8.47. The Kier molecular flexibility index (Phi) is 3.79. The average Bonchev–Trinajstić information content (AvgIpc) is 3.06. The molecule has 86 valence electrons. The Labute approximate surface area is 101 Å². The third-order valence-electron chi connectivity index (χ3n) is 2.34. The standard InChI is InChI=1S/C13H14N4/c14-10-15-12-13(17-12)16-11-8-6-4-2-1-3-5-7-9-11/h1-9,12-13,15-17H. The Bertz CT molecular complexity index is 440. The average molecular weight is 226 g/mol. The van der Waals surface area contributed by atoms with Crippen molar-refractivity contribution in [2.75, 3.05) is 5.32 Å². The van der Waals surface area contributed by atoms with Crippen molar-refractivity contribution in [1.82, 2.24) is 10.6 Å². The minimum Gasteiger partial charge on any atom is -0.367 e. The lowest BCUT2D eigenvalue weighted by molar-refractivity contribution is 0.837. The van der Waals surface area contributed by atoms with Gasteiger partial charge in [-0.1, -0.05) is 42.5 Å². The normalized spacial score (nSPS) is 20.6. The highest BCUT2D eigenvalue weighted by atomic mass is 15.4. The Balaban J connectivity index is 2.04. The molecule has 2 rings (SSSR count). The molecule has 0 bridgehead atoms. The second kappa shape index (κ2) is 5.73. The highest BCUT2D eigenvalue weighted by Crippen LogP contribution is 2.12. The van der Waals surface area contributed by atoms with Crippen molar-refractivity contribution in [2.45, 2.75) is 12.3 Å². The first-order valence-electron chi connectivity index (χ1n) is 5.46. The summed E-state index contributed by atoms with van der Waals surface area (Å²) >= 11 is 0. The monoisotopic (exact) mass is 226 g/mol. The fourth-order valence-electron chi connectivity index (χ4n) is 1.43. The van der Waals surface area contributed by atoms with E-state index in [9.17, 15) is 0 Å². The minimum atomic E-state index is 0.0316. The quantitative estimate of drug-likeness (QED) is 0.415. The largest absolute Gasteiger partial charge is 0.367 e. The third kappa shape index (κ3) is 3.67. The second-order valence-electron chi connectivity index (χ2n) is 3.66. The van der Waals surface area contributed by atoms with Crippen LogP contribution in [0.4, 0.5) is 5.69 Å². The summed E-state index contributed by atoms with van der Waals surface area (Å²) in [6, 6.07) is 17.8. The molecule has 1 aromatic carbocycles. The lowest BCUT2D eigenvalue weighted by Crippen LogP contribution is -2.17. The fraction of sp³-hybridized carbons (Fsp3) is 0.154. The SMILES string of the molecule is N#CNC1NC1Nc1ccccccccc1. The van der Waals surface area contributed by atoms with Crippen LogP contribution in [0.3, 0.4) is 0 Å². The summed E-state index contributed by atoms with van der Waals surface area (Å²) in [4.78, 5) is 0. The summed E-state index contributed by atoms with van der Waals surface area (Å²) in [5.74, 6) is 0. The van der Waals surface area contributed by atoms with E-state index in [1.165, 1.54) is 0 Å². The summed E-state index contributed by atoms with van der Waals surface area (Å²) in [6.07, 6.45) is 2.06. The zero-order valence-corrected chi connectivity index (χ0v) is 9.30. The predicted molar refractivity (Wildman–Crippen MR) is 67.2 cm³/mol. The molecule has 0 amide bonds.